The first-order chi connectivity index (χ1) is 10.5. The van der Waals surface area contributed by atoms with Gasteiger partial charge in [-0.25, -0.2) is 0 Å². The van der Waals surface area contributed by atoms with Gasteiger partial charge in [-0.3, -0.25) is 4.79 Å². The minimum atomic E-state index is -1.34. The van der Waals surface area contributed by atoms with Crippen molar-refractivity contribution >= 4 is 5.97 Å². The zero-order valence-corrected chi connectivity index (χ0v) is 12.8. The Hall–Kier alpha value is -1.91. The van der Waals surface area contributed by atoms with Gasteiger partial charge in [-0.1, -0.05) is 42.5 Å². The minimum Gasteiger partial charge on any atom is -0.457 e. The van der Waals surface area contributed by atoms with Gasteiger partial charge >= 0.3 is 5.97 Å². The highest BCUT2D eigenvalue weighted by molar-refractivity contribution is 5.66. The molecule has 1 aromatic rings. The molecule has 0 spiro atoms. The van der Waals surface area contributed by atoms with Gasteiger partial charge in [-0.15, -0.1) is 13.2 Å². The van der Waals surface area contributed by atoms with Crippen molar-refractivity contribution < 1.29 is 19.4 Å². The van der Waals surface area contributed by atoms with Crippen LogP contribution in [0.1, 0.15) is 31.4 Å². The molecule has 0 radical (unpaired) electrons. The summed E-state index contributed by atoms with van der Waals surface area (Å²) in [6.07, 6.45) is 2.29. The molecular formula is C18H22O4. The molecule has 1 aliphatic rings. The SMILES string of the molecule is C=CC[C@H]1O[C@H](c2ccccc2)[C@@](O)(CC=C)[C@@H]1OC(C)=O. The van der Waals surface area contributed by atoms with Gasteiger partial charge in [0, 0.05) is 13.3 Å². The van der Waals surface area contributed by atoms with Crippen molar-refractivity contribution in [1.29, 1.82) is 0 Å². The van der Waals surface area contributed by atoms with Crippen LogP contribution in [0.4, 0.5) is 0 Å². The van der Waals surface area contributed by atoms with E-state index in [1.54, 1.807) is 12.2 Å². The van der Waals surface area contributed by atoms with Gasteiger partial charge in [0.25, 0.3) is 0 Å². The fraction of sp³-hybridized carbons (Fsp3) is 0.389. The van der Waals surface area contributed by atoms with Crippen LogP contribution in [0, 0.1) is 0 Å². The van der Waals surface area contributed by atoms with E-state index in [9.17, 15) is 9.90 Å². The maximum atomic E-state index is 11.4. The number of carbonyl (C=O) groups is 1. The molecule has 4 atom stereocenters. The molecule has 0 aliphatic carbocycles. The van der Waals surface area contributed by atoms with Crippen molar-refractivity contribution in [3.8, 4) is 0 Å². The third-order valence-electron chi connectivity index (χ3n) is 3.86. The molecule has 0 saturated carbocycles. The Bertz CT molecular complexity index is 539. The number of benzene rings is 1. The van der Waals surface area contributed by atoms with Gasteiger partial charge < -0.3 is 14.6 Å². The molecule has 1 N–H and O–H groups in total. The average Bonchev–Trinajstić information content (AvgIpc) is 2.74. The number of rotatable bonds is 6. The maximum Gasteiger partial charge on any atom is 0.303 e. The first-order valence-corrected chi connectivity index (χ1v) is 7.34. The van der Waals surface area contributed by atoms with E-state index in [0.717, 1.165) is 5.56 Å². The first kappa shape index (κ1) is 16.5. The molecule has 0 unspecified atom stereocenters. The Morgan fingerprint density at radius 1 is 1.36 bits per heavy atom. The molecule has 1 heterocycles. The van der Waals surface area contributed by atoms with Crippen LogP contribution in [-0.2, 0) is 14.3 Å². The van der Waals surface area contributed by atoms with Crippen molar-refractivity contribution in [3.63, 3.8) is 0 Å². The lowest BCUT2D eigenvalue weighted by Crippen LogP contribution is -2.47. The number of carbonyl (C=O) groups excluding carboxylic acids is 1. The first-order valence-electron chi connectivity index (χ1n) is 7.34. The topological polar surface area (TPSA) is 55.8 Å². The van der Waals surface area contributed by atoms with Crippen LogP contribution in [0.25, 0.3) is 0 Å². The fourth-order valence-corrected chi connectivity index (χ4v) is 2.98. The second-order valence-corrected chi connectivity index (χ2v) is 5.50. The van der Waals surface area contributed by atoms with Gasteiger partial charge in [-0.05, 0) is 12.0 Å². The average molecular weight is 302 g/mol. The zero-order chi connectivity index (χ0) is 16.2. The molecule has 2 rings (SSSR count). The highest BCUT2D eigenvalue weighted by atomic mass is 16.6. The quantitative estimate of drug-likeness (QED) is 0.648. The second-order valence-electron chi connectivity index (χ2n) is 5.50. The summed E-state index contributed by atoms with van der Waals surface area (Å²) in [6, 6.07) is 9.44. The van der Waals surface area contributed by atoms with E-state index in [4.69, 9.17) is 9.47 Å². The smallest absolute Gasteiger partial charge is 0.303 e. The van der Waals surface area contributed by atoms with Crippen molar-refractivity contribution in [2.45, 2.75) is 43.7 Å². The van der Waals surface area contributed by atoms with Crippen LogP contribution >= 0.6 is 0 Å². The fourth-order valence-electron chi connectivity index (χ4n) is 2.98. The molecule has 0 bridgehead atoms. The molecular weight excluding hydrogens is 280 g/mol. The zero-order valence-electron chi connectivity index (χ0n) is 12.8. The highest BCUT2D eigenvalue weighted by Crippen LogP contribution is 2.46. The van der Waals surface area contributed by atoms with E-state index < -0.39 is 29.9 Å². The monoisotopic (exact) mass is 302 g/mol. The number of ether oxygens (including phenoxy) is 2. The van der Waals surface area contributed by atoms with E-state index in [1.165, 1.54) is 6.92 Å². The Morgan fingerprint density at radius 2 is 2.05 bits per heavy atom. The molecule has 118 valence electrons. The van der Waals surface area contributed by atoms with Gasteiger partial charge in [0.1, 0.15) is 17.8 Å². The summed E-state index contributed by atoms with van der Waals surface area (Å²) in [4.78, 5) is 11.4. The van der Waals surface area contributed by atoms with Gasteiger partial charge in [0.05, 0.1) is 0 Å². The molecule has 4 heteroatoms. The lowest BCUT2D eigenvalue weighted by molar-refractivity contribution is -0.161. The van der Waals surface area contributed by atoms with E-state index in [2.05, 4.69) is 13.2 Å². The van der Waals surface area contributed by atoms with Crippen LogP contribution in [0.2, 0.25) is 0 Å². The Morgan fingerprint density at radius 3 is 2.59 bits per heavy atom. The summed E-state index contributed by atoms with van der Waals surface area (Å²) >= 11 is 0. The summed E-state index contributed by atoms with van der Waals surface area (Å²) < 4.78 is 11.4. The molecule has 0 amide bonds. The number of aliphatic hydroxyl groups is 1. The third kappa shape index (κ3) is 3.13. The van der Waals surface area contributed by atoms with E-state index in [-0.39, 0.29) is 6.42 Å². The number of hydrogen-bond donors (Lipinski definition) is 1. The Kier molecular flexibility index (Phi) is 5.16. The van der Waals surface area contributed by atoms with Crippen molar-refractivity contribution in [3.05, 3.63) is 61.2 Å². The molecule has 1 aliphatic heterocycles. The van der Waals surface area contributed by atoms with E-state index in [0.29, 0.717) is 6.42 Å². The summed E-state index contributed by atoms with van der Waals surface area (Å²) in [5, 5.41) is 11.2. The maximum absolute atomic E-state index is 11.4. The van der Waals surface area contributed by atoms with Crippen LogP contribution in [0.3, 0.4) is 0 Å². The van der Waals surface area contributed by atoms with Crippen LogP contribution in [0.5, 0.6) is 0 Å². The highest BCUT2D eigenvalue weighted by Gasteiger charge is 2.57. The summed E-state index contributed by atoms with van der Waals surface area (Å²) in [7, 11) is 0. The normalized spacial score (nSPS) is 30.7. The lowest BCUT2D eigenvalue weighted by atomic mass is 9.83. The minimum absolute atomic E-state index is 0.262. The van der Waals surface area contributed by atoms with Gasteiger partial charge in [0.15, 0.2) is 6.10 Å². The summed E-state index contributed by atoms with van der Waals surface area (Å²) in [5.74, 6) is -0.445. The predicted molar refractivity (Wildman–Crippen MR) is 84.2 cm³/mol. The molecule has 22 heavy (non-hydrogen) atoms. The van der Waals surface area contributed by atoms with E-state index >= 15 is 0 Å². The van der Waals surface area contributed by atoms with Crippen LogP contribution in [-0.4, -0.2) is 28.9 Å². The lowest BCUT2D eigenvalue weighted by Gasteiger charge is -2.32. The molecule has 1 fully saturated rings. The van der Waals surface area contributed by atoms with Crippen molar-refractivity contribution in [1.82, 2.24) is 0 Å². The summed E-state index contributed by atoms with van der Waals surface area (Å²) in [6.45, 7) is 8.74. The largest absolute Gasteiger partial charge is 0.457 e. The second kappa shape index (κ2) is 6.90. The van der Waals surface area contributed by atoms with Crippen molar-refractivity contribution in [2.75, 3.05) is 0 Å². The molecule has 4 nitrogen and oxygen atoms in total. The van der Waals surface area contributed by atoms with Crippen molar-refractivity contribution in [2.24, 2.45) is 0 Å². The molecule has 1 aromatic carbocycles. The molecule has 0 aromatic heterocycles. The standard InChI is InChI=1S/C18H22O4/c1-4-9-15-17(21-13(3)19)18(20,12-5-2)16(22-15)14-10-7-6-8-11-14/h4-8,10-11,15-17,20H,1-2,9,12H2,3H3/t15-,16-,17-,18+/m1/s1. The van der Waals surface area contributed by atoms with E-state index in [1.807, 2.05) is 30.3 Å². The number of esters is 1. The Labute approximate surface area is 131 Å². The third-order valence-corrected chi connectivity index (χ3v) is 3.86. The summed E-state index contributed by atoms with van der Waals surface area (Å²) in [5.41, 5.74) is -0.502. The predicted octanol–water partition coefficient (Wildman–Crippen LogP) is 2.94. The molecule has 1 saturated heterocycles. The Balaban J connectivity index is 2.42. The van der Waals surface area contributed by atoms with Crippen LogP contribution in [0.15, 0.2) is 55.6 Å². The number of hydrogen-bond acceptors (Lipinski definition) is 4. The van der Waals surface area contributed by atoms with Gasteiger partial charge in [0.2, 0.25) is 0 Å². The van der Waals surface area contributed by atoms with Crippen LogP contribution < -0.4 is 0 Å². The van der Waals surface area contributed by atoms with Gasteiger partial charge in [-0.2, -0.15) is 0 Å².